The molecule has 1 amide bonds. The maximum atomic E-state index is 12.0. The molecule has 0 atom stereocenters. The summed E-state index contributed by atoms with van der Waals surface area (Å²) < 4.78 is 1.39. The Kier molecular flexibility index (Phi) is 4.18. The number of hydrogen-bond donors (Lipinski definition) is 2. The molecule has 2 aromatic rings. The largest absolute Gasteiger partial charge is 0.411 e. The van der Waals surface area contributed by atoms with Crippen molar-refractivity contribution in [3.63, 3.8) is 0 Å². The smallest absolute Gasteiger partial charge is 0.255 e. The fourth-order valence-electron chi connectivity index (χ4n) is 1.75. The standard InChI is InChI=1S/C15H15N3O3/c1-10(17-21)11-3-5-13(6-4-11)16-15(20)12-7-8-18(2)14(19)9-12/h3-9,21H,1-2H3,(H,16,20)/b17-10-. The van der Waals surface area contributed by atoms with Gasteiger partial charge in [0.15, 0.2) is 0 Å². The minimum atomic E-state index is -0.354. The van der Waals surface area contributed by atoms with Crippen LogP contribution in [0.3, 0.4) is 0 Å². The fraction of sp³-hybridized carbons (Fsp3) is 0.133. The van der Waals surface area contributed by atoms with E-state index in [4.69, 9.17) is 5.21 Å². The molecule has 0 aliphatic heterocycles. The fourth-order valence-corrected chi connectivity index (χ4v) is 1.75. The van der Waals surface area contributed by atoms with E-state index in [-0.39, 0.29) is 11.5 Å². The van der Waals surface area contributed by atoms with Gasteiger partial charge in [-0.15, -0.1) is 0 Å². The Labute approximate surface area is 121 Å². The highest BCUT2D eigenvalue weighted by Crippen LogP contribution is 2.11. The van der Waals surface area contributed by atoms with Crippen LogP contribution in [0.25, 0.3) is 0 Å². The predicted molar refractivity (Wildman–Crippen MR) is 80.1 cm³/mol. The molecule has 1 heterocycles. The average molecular weight is 285 g/mol. The van der Waals surface area contributed by atoms with Gasteiger partial charge in [0, 0.05) is 30.6 Å². The predicted octanol–water partition coefficient (Wildman–Crippen LogP) is 1.84. The summed E-state index contributed by atoms with van der Waals surface area (Å²) in [6, 6.07) is 9.72. The van der Waals surface area contributed by atoms with Crippen molar-refractivity contribution in [1.82, 2.24) is 4.57 Å². The van der Waals surface area contributed by atoms with Gasteiger partial charge in [-0.3, -0.25) is 9.59 Å². The Morgan fingerprint density at radius 2 is 1.86 bits per heavy atom. The van der Waals surface area contributed by atoms with E-state index in [9.17, 15) is 9.59 Å². The van der Waals surface area contributed by atoms with Crippen LogP contribution < -0.4 is 10.9 Å². The van der Waals surface area contributed by atoms with Crippen LogP contribution in [-0.2, 0) is 7.05 Å². The van der Waals surface area contributed by atoms with E-state index in [0.717, 1.165) is 5.56 Å². The van der Waals surface area contributed by atoms with Gasteiger partial charge in [-0.05, 0) is 30.7 Å². The molecule has 0 spiro atoms. The molecule has 108 valence electrons. The van der Waals surface area contributed by atoms with Crippen molar-refractivity contribution < 1.29 is 10.0 Å². The Balaban J connectivity index is 2.16. The molecule has 0 saturated carbocycles. The molecule has 6 nitrogen and oxygen atoms in total. The van der Waals surface area contributed by atoms with Crippen molar-refractivity contribution in [1.29, 1.82) is 0 Å². The number of aromatic nitrogens is 1. The lowest BCUT2D eigenvalue weighted by Crippen LogP contribution is -2.19. The molecule has 0 unspecified atom stereocenters. The Hall–Kier alpha value is -2.89. The van der Waals surface area contributed by atoms with Gasteiger partial charge in [-0.25, -0.2) is 0 Å². The minimum Gasteiger partial charge on any atom is -0.411 e. The maximum absolute atomic E-state index is 12.0. The Morgan fingerprint density at radius 3 is 2.43 bits per heavy atom. The number of hydrogen-bond acceptors (Lipinski definition) is 4. The number of benzene rings is 1. The van der Waals surface area contributed by atoms with E-state index in [1.54, 1.807) is 50.5 Å². The van der Waals surface area contributed by atoms with Crippen molar-refractivity contribution in [2.75, 3.05) is 5.32 Å². The highest BCUT2D eigenvalue weighted by Gasteiger charge is 2.07. The molecule has 0 fully saturated rings. The topological polar surface area (TPSA) is 83.7 Å². The lowest BCUT2D eigenvalue weighted by Gasteiger charge is -2.06. The van der Waals surface area contributed by atoms with E-state index < -0.39 is 0 Å². The molecule has 0 bridgehead atoms. The third-order valence-corrected chi connectivity index (χ3v) is 3.08. The summed E-state index contributed by atoms with van der Waals surface area (Å²) in [6.45, 7) is 1.67. The minimum absolute atomic E-state index is 0.243. The van der Waals surface area contributed by atoms with Crippen molar-refractivity contribution in [2.45, 2.75) is 6.92 Å². The number of carbonyl (C=O) groups is 1. The molecule has 1 aromatic heterocycles. The zero-order valence-corrected chi connectivity index (χ0v) is 11.7. The number of rotatable bonds is 3. The van der Waals surface area contributed by atoms with E-state index in [0.29, 0.717) is 17.0 Å². The molecular formula is C15H15N3O3. The molecule has 21 heavy (non-hydrogen) atoms. The van der Waals surface area contributed by atoms with Gasteiger partial charge in [0.1, 0.15) is 0 Å². The van der Waals surface area contributed by atoms with Crippen LogP contribution in [0.1, 0.15) is 22.8 Å². The number of carbonyl (C=O) groups excluding carboxylic acids is 1. The molecule has 2 N–H and O–H groups in total. The van der Waals surface area contributed by atoms with Crippen LogP contribution in [0.2, 0.25) is 0 Å². The molecular weight excluding hydrogens is 270 g/mol. The Bertz CT molecular complexity index is 746. The van der Waals surface area contributed by atoms with Gasteiger partial charge >= 0.3 is 0 Å². The normalized spacial score (nSPS) is 11.2. The molecule has 1 aromatic carbocycles. The second kappa shape index (κ2) is 6.04. The summed E-state index contributed by atoms with van der Waals surface area (Å²) in [6.07, 6.45) is 1.54. The molecule has 2 rings (SSSR count). The number of amides is 1. The second-order valence-corrected chi connectivity index (χ2v) is 4.58. The van der Waals surface area contributed by atoms with Gasteiger partial charge in [-0.1, -0.05) is 17.3 Å². The quantitative estimate of drug-likeness (QED) is 0.512. The summed E-state index contributed by atoms with van der Waals surface area (Å²) in [5, 5.41) is 14.5. The summed E-state index contributed by atoms with van der Waals surface area (Å²) in [4.78, 5) is 23.5. The van der Waals surface area contributed by atoms with Gasteiger partial charge in [0.05, 0.1) is 5.71 Å². The molecule has 0 aliphatic rings. The SMILES string of the molecule is C/C(=N/O)c1ccc(NC(=O)c2ccn(C)c(=O)c2)cc1. The first-order valence-corrected chi connectivity index (χ1v) is 6.28. The first-order chi connectivity index (χ1) is 10.0. The van der Waals surface area contributed by atoms with Crippen LogP contribution in [0, 0.1) is 0 Å². The van der Waals surface area contributed by atoms with Crippen LogP contribution in [0.15, 0.2) is 52.5 Å². The lowest BCUT2D eigenvalue weighted by atomic mass is 10.1. The summed E-state index contributed by atoms with van der Waals surface area (Å²) >= 11 is 0. The van der Waals surface area contributed by atoms with Crippen LogP contribution in [0.5, 0.6) is 0 Å². The molecule has 0 radical (unpaired) electrons. The Morgan fingerprint density at radius 1 is 1.19 bits per heavy atom. The summed E-state index contributed by atoms with van der Waals surface area (Å²) in [5.74, 6) is -0.354. The zero-order chi connectivity index (χ0) is 15.4. The van der Waals surface area contributed by atoms with Gasteiger partial charge < -0.3 is 15.1 Å². The first-order valence-electron chi connectivity index (χ1n) is 6.28. The molecule has 6 heteroatoms. The lowest BCUT2D eigenvalue weighted by molar-refractivity contribution is 0.102. The number of pyridine rings is 1. The monoisotopic (exact) mass is 285 g/mol. The van der Waals surface area contributed by atoms with Gasteiger partial charge in [0.2, 0.25) is 0 Å². The summed E-state index contributed by atoms with van der Waals surface area (Å²) in [5.41, 5.74) is 1.89. The first kappa shape index (κ1) is 14.5. The van der Waals surface area contributed by atoms with Crippen molar-refractivity contribution in [3.05, 3.63) is 64.1 Å². The third-order valence-electron chi connectivity index (χ3n) is 3.08. The number of nitrogens with zero attached hydrogens (tertiary/aromatic N) is 2. The zero-order valence-electron chi connectivity index (χ0n) is 11.7. The van der Waals surface area contributed by atoms with E-state index >= 15 is 0 Å². The van der Waals surface area contributed by atoms with Crippen molar-refractivity contribution >= 4 is 17.3 Å². The van der Waals surface area contributed by atoms with E-state index in [2.05, 4.69) is 10.5 Å². The van der Waals surface area contributed by atoms with Gasteiger partial charge in [-0.2, -0.15) is 0 Å². The number of nitrogens with one attached hydrogen (secondary N) is 1. The second-order valence-electron chi connectivity index (χ2n) is 4.58. The third kappa shape index (κ3) is 3.36. The van der Waals surface area contributed by atoms with Crippen LogP contribution >= 0.6 is 0 Å². The van der Waals surface area contributed by atoms with Gasteiger partial charge in [0.25, 0.3) is 11.5 Å². The van der Waals surface area contributed by atoms with Crippen LogP contribution in [0.4, 0.5) is 5.69 Å². The number of aryl methyl sites for hydroxylation is 1. The van der Waals surface area contributed by atoms with E-state index in [1.165, 1.54) is 10.6 Å². The molecule has 0 saturated heterocycles. The van der Waals surface area contributed by atoms with Crippen LogP contribution in [-0.4, -0.2) is 21.4 Å². The van der Waals surface area contributed by atoms with Crippen molar-refractivity contribution in [3.8, 4) is 0 Å². The highest BCUT2D eigenvalue weighted by atomic mass is 16.4. The molecule has 0 aliphatic carbocycles. The average Bonchev–Trinajstić information content (AvgIpc) is 2.50. The maximum Gasteiger partial charge on any atom is 0.255 e. The van der Waals surface area contributed by atoms with E-state index in [1.807, 2.05) is 0 Å². The highest BCUT2D eigenvalue weighted by molar-refractivity contribution is 6.04. The van der Waals surface area contributed by atoms with Crippen molar-refractivity contribution in [2.24, 2.45) is 12.2 Å². The number of anilines is 1. The summed E-state index contributed by atoms with van der Waals surface area (Å²) in [7, 11) is 1.62. The number of oxime groups is 1.